The highest BCUT2D eigenvalue weighted by atomic mass is 15.2. The number of allylic oxidation sites excluding steroid dienone is 1. The first-order chi connectivity index (χ1) is 12.7. The van der Waals surface area contributed by atoms with Gasteiger partial charge in [-0.1, -0.05) is 25.1 Å². The molecule has 4 rings (SSSR count). The summed E-state index contributed by atoms with van der Waals surface area (Å²) in [5, 5.41) is 9.85. The minimum absolute atomic E-state index is 0.729. The summed E-state index contributed by atoms with van der Waals surface area (Å²) in [4.78, 5) is 5.98. The lowest BCUT2D eigenvalue weighted by Crippen LogP contribution is -2.41. The van der Waals surface area contributed by atoms with Crippen LogP contribution in [0.5, 0.6) is 0 Å². The van der Waals surface area contributed by atoms with Crippen LogP contribution in [-0.2, 0) is 6.42 Å². The molecule has 0 saturated carbocycles. The zero-order valence-electron chi connectivity index (χ0n) is 15.5. The monoisotopic (exact) mass is 345 g/mol. The number of para-hydroxylation sites is 2. The van der Waals surface area contributed by atoms with Crippen LogP contribution in [0.3, 0.4) is 0 Å². The van der Waals surface area contributed by atoms with E-state index in [1.807, 2.05) is 12.1 Å². The number of hydrogen-bond donors (Lipinski definition) is 1. The predicted molar refractivity (Wildman–Crippen MR) is 105 cm³/mol. The van der Waals surface area contributed by atoms with Gasteiger partial charge < -0.3 is 0 Å². The van der Waals surface area contributed by atoms with Gasteiger partial charge in [0, 0.05) is 5.56 Å². The second kappa shape index (κ2) is 6.49. The largest absolute Gasteiger partial charge is 0.292 e. The topological polar surface area (TPSA) is 46.9 Å². The molecule has 0 amide bonds. The smallest absolute Gasteiger partial charge is 0.250 e. The number of piperidine rings is 1. The Balaban J connectivity index is 2.10. The van der Waals surface area contributed by atoms with E-state index in [0.29, 0.717) is 0 Å². The molecule has 4 heteroatoms. The lowest BCUT2D eigenvalue weighted by atomic mass is 9.96. The van der Waals surface area contributed by atoms with Crippen LogP contribution < -0.4 is 9.30 Å². The Labute approximate surface area is 154 Å². The number of imidazole rings is 1. The summed E-state index contributed by atoms with van der Waals surface area (Å²) < 4.78 is 2.26. The fourth-order valence-corrected chi connectivity index (χ4v) is 4.18. The number of nitriles is 1. The van der Waals surface area contributed by atoms with Crippen LogP contribution in [0.4, 0.5) is 5.82 Å². The van der Waals surface area contributed by atoms with Crippen LogP contribution in [0.15, 0.2) is 36.9 Å². The van der Waals surface area contributed by atoms with Crippen molar-refractivity contribution in [3.05, 3.63) is 53.6 Å². The maximum atomic E-state index is 9.85. The Bertz CT molecular complexity index is 1030. The number of anilines is 1. The van der Waals surface area contributed by atoms with Crippen LogP contribution in [0.1, 0.15) is 36.5 Å². The molecule has 1 aliphatic rings. The Morgan fingerprint density at radius 2 is 2.08 bits per heavy atom. The van der Waals surface area contributed by atoms with Gasteiger partial charge in [-0.3, -0.25) is 9.88 Å². The van der Waals surface area contributed by atoms with Gasteiger partial charge in [-0.2, -0.15) is 9.66 Å². The molecule has 1 aliphatic heterocycles. The van der Waals surface area contributed by atoms with Crippen LogP contribution in [0.2, 0.25) is 0 Å². The summed E-state index contributed by atoms with van der Waals surface area (Å²) in [6.07, 6.45) is 5.12. The van der Waals surface area contributed by atoms with Crippen molar-refractivity contribution >= 4 is 22.5 Å². The molecule has 0 unspecified atom stereocenters. The minimum Gasteiger partial charge on any atom is -0.292 e. The van der Waals surface area contributed by atoms with E-state index in [1.54, 1.807) is 0 Å². The number of aromatic amines is 1. The van der Waals surface area contributed by atoms with E-state index in [1.165, 1.54) is 24.2 Å². The lowest BCUT2D eigenvalue weighted by molar-refractivity contribution is -0.468. The lowest BCUT2D eigenvalue weighted by Gasteiger charge is -2.29. The van der Waals surface area contributed by atoms with Gasteiger partial charge in [0.2, 0.25) is 11.5 Å². The molecule has 26 heavy (non-hydrogen) atoms. The molecule has 1 N–H and O–H groups in total. The molecule has 0 atom stereocenters. The third kappa shape index (κ3) is 2.47. The van der Waals surface area contributed by atoms with Crippen molar-refractivity contribution in [1.82, 2.24) is 4.98 Å². The molecular formula is C22H25N4+. The van der Waals surface area contributed by atoms with E-state index in [-0.39, 0.29) is 0 Å². The first-order valence-corrected chi connectivity index (χ1v) is 9.39. The number of aromatic nitrogens is 2. The maximum absolute atomic E-state index is 9.85. The van der Waals surface area contributed by atoms with Crippen LogP contribution in [0, 0.1) is 24.2 Å². The summed E-state index contributed by atoms with van der Waals surface area (Å²) in [5.74, 6) is 2.00. The van der Waals surface area contributed by atoms with Gasteiger partial charge in [-0.05, 0) is 49.8 Å². The third-order valence-corrected chi connectivity index (χ3v) is 5.71. The molecule has 1 saturated heterocycles. The number of H-pyrrole nitrogens is 1. The summed E-state index contributed by atoms with van der Waals surface area (Å²) in [7, 11) is 0. The Kier molecular flexibility index (Phi) is 4.16. The number of pyridine rings is 1. The van der Waals surface area contributed by atoms with E-state index in [0.717, 1.165) is 53.2 Å². The molecule has 1 fully saturated rings. The van der Waals surface area contributed by atoms with Crippen molar-refractivity contribution in [3.8, 4) is 6.07 Å². The van der Waals surface area contributed by atoms with E-state index < -0.39 is 0 Å². The summed E-state index contributed by atoms with van der Waals surface area (Å²) in [6.45, 7) is 10.5. The molecule has 3 aromatic rings. The van der Waals surface area contributed by atoms with Gasteiger partial charge >= 0.3 is 0 Å². The second-order valence-electron chi connectivity index (χ2n) is 7.40. The highest BCUT2D eigenvalue weighted by Crippen LogP contribution is 2.30. The van der Waals surface area contributed by atoms with Crippen molar-refractivity contribution in [2.45, 2.75) is 33.1 Å². The Morgan fingerprint density at radius 1 is 1.35 bits per heavy atom. The number of rotatable bonds is 3. The van der Waals surface area contributed by atoms with Crippen molar-refractivity contribution in [2.24, 2.45) is 5.92 Å². The highest BCUT2D eigenvalue weighted by molar-refractivity contribution is 5.78. The fourth-order valence-electron chi connectivity index (χ4n) is 4.18. The number of nitrogens with one attached hydrogen (secondary N) is 1. The molecule has 0 spiro atoms. The van der Waals surface area contributed by atoms with Gasteiger partial charge in [0.15, 0.2) is 0 Å². The van der Waals surface area contributed by atoms with Crippen LogP contribution in [0.25, 0.3) is 16.7 Å². The van der Waals surface area contributed by atoms with E-state index in [2.05, 4.69) is 59.0 Å². The number of hydrogen-bond acceptors (Lipinski definition) is 2. The minimum atomic E-state index is 0.729. The second-order valence-corrected chi connectivity index (χ2v) is 7.40. The zero-order valence-corrected chi connectivity index (χ0v) is 15.5. The standard InChI is InChI=1S/C22H24N4/c1-4-7-17-16(3)18(14-23)21-24-19-8-5-6-9-20(19)26(21)22(17)25-12-10-15(2)11-13-25/h4-6,8-9,15H,1,7,10-13H2,2-3H3/p+1. The molecule has 0 radical (unpaired) electrons. The van der Waals surface area contributed by atoms with Gasteiger partial charge in [-0.25, -0.2) is 0 Å². The number of fused-ring (bicyclic) bond motifs is 3. The summed E-state index contributed by atoms with van der Waals surface area (Å²) >= 11 is 0. The Hall–Kier alpha value is -2.80. The molecule has 132 valence electrons. The van der Waals surface area contributed by atoms with Crippen molar-refractivity contribution in [2.75, 3.05) is 18.0 Å². The maximum Gasteiger partial charge on any atom is 0.250 e. The molecule has 4 nitrogen and oxygen atoms in total. The van der Waals surface area contributed by atoms with E-state index in [9.17, 15) is 5.26 Å². The third-order valence-electron chi connectivity index (χ3n) is 5.71. The van der Waals surface area contributed by atoms with E-state index >= 15 is 0 Å². The molecule has 0 aliphatic carbocycles. The van der Waals surface area contributed by atoms with Gasteiger partial charge in [-0.15, -0.1) is 6.58 Å². The first-order valence-electron chi connectivity index (χ1n) is 9.39. The summed E-state index contributed by atoms with van der Waals surface area (Å²) in [6, 6.07) is 10.7. The Morgan fingerprint density at radius 3 is 2.77 bits per heavy atom. The molecular weight excluding hydrogens is 320 g/mol. The fraction of sp³-hybridized carbons (Fsp3) is 0.364. The van der Waals surface area contributed by atoms with Crippen molar-refractivity contribution < 1.29 is 4.40 Å². The van der Waals surface area contributed by atoms with Crippen LogP contribution >= 0.6 is 0 Å². The van der Waals surface area contributed by atoms with Gasteiger partial charge in [0.1, 0.15) is 22.7 Å². The quantitative estimate of drug-likeness (QED) is 0.575. The molecule has 0 bridgehead atoms. The zero-order chi connectivity index (χ0) is 18.3. The van der Waals surface area contributed by atoms with Gasteiger partial charge in [0.25, 0.3) is 0 Å². The van der Waals surface area contributed by atoms with Crippen molar-refractivity contribution in [3.63, 3.8) is 0 Å². The summed E-state index contributed by atoms with van der Waals surface area (Å²) in [5.41, 5.74) is 6.09. The molecule has 3 heterocycles. The average molecular weight is 345 g/mol. The molecule has 2 aromatic heterocycles. The predicted octanol–water partition coefficient (Wildman–Crippen LogP) is 4.05. The van der Waals surface area contributed by atoms with E-state index in [4.69, 9.17) is 0 Å². The highest BCUT2D eigenvalue weighted by Gasteiger charge is 2.30. The normalized spacial score (nSPS) is 15.5. The molecule has 1 aromatic carbocycles. The average Bonchev–Trinajstić information content (AvgIpc) is 3.02. The van der Waals surface area contributed by atoms with Gasteiger partial charge in [0.05, 0.1) is 13.1 Å². The van der Waals surface area contributed by atoms with Crippen LogP contribution in [-0.4, -0.2) is 18.1 Å². The van der Waals surface area contributed by atoms with Crippen molar-refractivity contribution in [1.29, 1.82) is 5.26 Å². The SMILES string of the molecule is C=CCc1c(C)c(C#N)c2[nH]c3ccccc3[n+]2c1N1CCC(C)CC1. The number of benzene rings is 1. The first kappa shape index (κ1) is 16.7. The number of nitrogens with zero attached hydrogens (tertiary/aromatic N) is 3.